The molecule has 45 heavy (non-hydrogen) atoms. The normalized spacial score (nSPS) is 14.0. The van der Waals surface area contributed by atoms with Crippen LogP contribution in [-0.2, 0) is 29.4 Å². The zero-order valence-corrected chi connectivity index (χ0v) is 27.7. The lowest BCUT2D eigenvalue weighted by Gasteiger charge is -2.32. The smallest absolute Gasteiger partial charge is 0.264 e. The molecule has 6 nitrogen and oxygen atoms in total. The molecule has 0 aromatic heterocycles. The van der Waals surface area contributed by atoms with Crippen molar-refractivity contribution in [3.63, 3.8) is 0 Å². The van der Waals surface area contributed by atoms with Crippen LogP contribution >= 0.6 is 11.6 Å². The van der Waals surface area contributed by atoms with Crippen molar-refractivity contribution in [1.82, 2.24) is 4.90 Å². The van der Waals surface area contributed by atoms with Crippen molar-refractivity contribution < 1.29 is 17.9 Å². The molecule has 0 aliphatic carbocycles. The number of amides is 1. The minimum atomic E-state index is -4.07. The van der Waals surface area contributed by atoms with E-state index in [0.29, 0.717) is 36.4 Å². The highest BCUT2D eigenvalue weighted by atomic mass is 35.5. The number of methoxy groups -OCH3 is 1. The number of hydrogen-bond acceptors (Lipinski definition) is 4. The fourth-order valence-corrected chi connectivity index (χ4v) is 7.65. The maximum Gasteiger partial charge on any atom is 0.264 e. The molecule has 1 aliphatic rings. The van der Waals surface area contributed by atoms with Crippen molar-refractivity contribution >= 4 is 33.2 Å². The van der Waals surface area contributed by atoms with E-state index in [1.165, 1.54) is 33.6 Å². The number of halogens is 1. The summed E-state index contributed by atoms with van der Waals surface area (Å²) in [6.07, 6.45) is 3.83. The van der Waals surface area contributed by atoms with Crippen LogP contribution < -0.4 is 9.04 Å². The third-order valence-electron chi connectivity index (χ3n) is 8.35. The standard InChI is InChI=1S/C37H41ClN2O4S/c1-27(2)22-30-10-7-11-31(24-30)23-28-18-20-39(21-19-28)37(41)35-25-34(16-17-36(35)38)45(42,43)40(26-29-8-5-4-6-9-29)32-12-14-33(44-3)15-13-32/h4-17,24-25,27-28H,18-23,26H2,1-3H3. The minimum absolute atomic E-state index is 0.0122. The fourth-order valence-electron chi connectivity index (χ4n) is 5.97. The topological polar surface area (TPSA) is 66.9 Å². The molecule has 0 spiro atoms. The molecule has 1 heterocycles. The van der Waals surface area contributed by atoms with Gasteiger partial charge in [-0.15, -0.1) is 0 Å². The van der Waals surface area contributed by atoms with E-state index in [2.05, 4.69) is 38.1 Å². The number of likely N-dealkylation sites (tertiary alicyclic amines) is 1. The average molecular weight is 645 g/mol. The van der Waals surface area contributed by atoms with Gasteiger partial charge in [-0.1, -0.05) is 80.0 Å². The SMILES string of the molecule is COc1ccc(N(Cc2ccccc2)S(=O)(=O)c2ccc(Cl)c(C(=O)N3CCC(Cc4cccc(CC(C)C)c4)CC3)c2)cc1. The van der Waals surface area contributed by atoms with Gasteiger partial charge in [-0.3, -0.25) is 9.10 Å². The van der Waals surface area contributed by atoms with Crippen molar-refractivity contribution in [3.05, 3.63) is 124 Å². The van der Waals surface area contributed by atoms with Gasteiger partial charge in [-0.05, 0) is 96.7 Å². The molecule has 0 saturated carbocycles. The highest BCUT2D eigenvalue weighted by Crippen LogP contribution is 2.31. The Labute approximate surface area is 272 Å². The molecule has 1 fully saturated rings. The number of ether oxygens (including phenoxy) is 1. The predicted octanol–water partition coefficient (Wildman–Crippen LogP) is 8.04. The van der Waals surface area contributed by atoms with Crippen LogP contribution in [0.1, 0.15) is 53.7 Å². The van der Waals surface area contributed by atoms with Gasteiger partial charge in [0.15, 0.2) is 0 Å². The van der Waals surface area contributed by atoms with E-state index in [1.54, 1.807) is 36.3 Å². The highest BCUT2D eigenvalue weighted by molar-refractivity contribution is 7.92. The van der Waals surface area contributed by atoms with Crippen molar-refractivity contribution in [2.45, 2.75) is 51.0 Å². The Balaban J connectivity index is 1.33. The summed E-state index contributed by atoms with van der Waals surface area (Å²) in [5, 5.41) is 0.238. The molecule has 0 unspecified atom stereocenters. The summed E-state index contributed by atoms with van der Waals surface area (Å²) < 4.78 is 35.0. The van der Waals surface area contributed by atoms with Crippen LogP contribution in [-0.4, -0.2) is 39.4 Å². The number of piperidine rings is 1. The van der Waals surface area contributed by atoms with E-state index >= 15 is 0 Å². The molecule has 1 aliphatic heterocycles. The molecule has 0 bridgehead atoms. The van der Waals surface area contributed by atoms with Gasteiger partial charge < -0.3 is 9.64 Å². The summed E-state index contributed by atoms with van der Waals surface area (Å²) in [4.78, 5) is 15.5. The molecule has 0 atom stereocenters. The monoisotopic (exact) mass is 644 g/mol. The van der Waals surface area contributed by atoms with E-state index in [-0.39, 0.29) is 27.9 Å². The van der Waals surface area contributed by atoms with Gasteiger partial charge >= 0.3 is 0 Å². The second-order valence-electron chi connectivity index (χ2n) is 12.2. The summed E-state index contributed by atoms with van der Waals surface area (Å²) in [5.41, 5.74) is 4.23. The number of nitrogens with zero attached hydrogens (tertiary/aromatic N) is 2. The Bertz CT molecular complexity index is 1700. The molecule has 1 saturated heterocycles. The third-order valence-corrected chi connectivity index (χ3v) is 10.4. The Hall–Kier alpha value is -3.81. The van der Waals surface area contributed by atoms with Crippen LogP contribution in [0.25, 0.3) is 0 Å². The first-order chi connectivity index (χ1) is 21.6. The van der Waals surface area contributed by atoms with Crippen LogP contribution in [0.3, 0.4) is 0 Å². The van der Waals surface area contributed by atoms with Crippen LogP contribution in [0.15, 0.2) is 102 Å². The van der Waals surface area contributed by atoms with Crippen molar-refractivity contribution in [3.8, 4) is 5.75 Å². The van der Waals surface area contributed by atoms with Crippen LogP contribution in [0.5, 0.6) is 5.75 Å². The summed E-state index contributed by atoms with van der Waals surface area (Å²) in [5.74, 6) is 1.48. The Morgan fingerprint density at radius 3 is 2.22 bits per heavy atom. The Morgan fingerprint density at radius 1 is 0.889 bits per heavy atom. The number of carbonyl (C=O) groups excluding carboxylic acids is 1. The van der Waals surface area contributed by atoms with Gasteiger partial charge in [-0.25, -0.2) is 8.42 Å². The molecular formula is C37H41ClN2O4S. The van der Waals surface area contributed by atoms with Gasteiger partial charge in [0.2, 0.25) is 0 Å². The molecule has 0 N–H and O–H groups in total. The van der Waals surface area contributed by atoms with Gasteiger partial charge in [0.05, 0.1) is 34.8 Å². The number of carbonyl (C=O) groups is 1. The first-order valence-corrected chi connectivity index (χ1v) is 17.3. The zero-order valence-electron chi connectivity index (χ0n) is 26.2. The molecule has 5 rings (SSSR count). The first-order valence-electron chi connectivity index (χ1n) is 15.5. The van der Waals surface area contributed by atoms with Crippen LogP contribution in [0.4, 0.5) is 5.69 Å². The van der Waals surface area contributed by atoms with Gasteiger partial charge in [0, 0.05) is 13.1 Å². The lowest BCUT2D eigenvalue weighted by Crippen LogP contribution is -2.39. The van der Waals surface area contributed by atoms with E-state index < -0.39 is 10.0 Å². The molecule has 1 amide bonds. The Kier molecular flexibility index (Phi) is 10.5. The van der Waals surface area contributed by atoms with E-state index in [4.69, 9.17) is 16.3 Å². The Morgan fingerprint density at radius 2 is 1.56 bits per heavy atom. The average Bonchev–Trinajstić information content (AvgIpc) is 3.04. The second-order valence-corrected chi connectivity index (χ2v) is 14.5. The lowest BCUT2D eigenvalue weighted by atomic mass is 9.89. The quantitative estimate of drug-likeness (QED) is 0.166. The molecule has 4 aromatic rings. The van der Waals surface area contributed by atoms with Crippen LogP contribution in [0, 0.1) is 11.8 Å². The van der Waals surface area contributed by atoms with E-state index in [1.807, 2.05) is 30.3 Å². The molecule has 4 aromatic carbocycles. The number of anilines is 1. The number of sulfonamides is 1. The summed E-state index contributed by atoms with van der Waals surface area (Å²) >= 11 is 6.54. The second kappa shape index (κ2) is 14.5. The van der Waals surface area contributed by atoms with Crippen molar-refractivity contribution in [2.75, 3.05) is 24.5 Å². The number of benzene rings is 4. The van der Waals surface area contributed by atoms with E-state index in [0.717, 1.165) is 31.2 Å². The lowest BCUT2D eigenvalue weighted by molar-refractivity contribution is 0.0690. The van der Waals surface area contributed by atoms with Crippen molar-refractivity contribution in [1.29, 1.82) is 0 Å². The number of hydrogen-bond donors (Lipinski definition) is 0. The van der Waals surface area contributed by atoms with Crippen molar-refractivity contribution in [2.24, 2.45) is 11.8 Å². The van der Waals surface area contributed by atoms with Gasteiger partial charge in [-0.2, -0.15) is 0 Å². The van der Waals surface area contributed by atoms with Gasteiger partial charge in [0.25, 0.3) is 15.9 Å². The fraction of sp³-hybridized carbons (Fsp3) is 0.324. The molecule has 236 valence electrons. The van der Waals surface area contributed by atoms with E-state index in [9.17, 15) is 13.2 Å². The molecule has 0 radical (unpaired) electrons. The highest BCUT2D eigenvalue weighted by Gasteiger charge is 2.30. The zero-order chi connectivity index (χ0) is 32.0. The number of rotatable bonds is 11. The summed E-state index contributed by atoms with van der Waals surface area (Å²) in [6, 6.07) is 29.5. The maximum atomic E-state index is 14.2. The predicted molar refractivity (Wildman–Crippen MR) is 182 cm³/mol. The minimum Gasteiger partial charge on any atom is -0.497 e. The first kappa shape index (κ1) is 32.6. The molecule has 8 heteroatoms. The summed E-state index contributed by atoms with van der Waals surface area (Å²) in [6.45, 7) is 5.80. The largest absolute Gasteiger partial charge is 0.497 e. The maximum absolute atomic E-state index is 14.2. The third kappa shape index (κ3) is 8.08. The molecular weight excluding hydrogens is 604 g/mol. The van der Waals surface area contributed by atoms with Crippen LogP contribution in [0.2, 0.25) is 5.02 Å². The summed E-state index contributed by atoms with van der Waals surface area (Å²) in [7, 11) is -2.50. The van der Waals surface area contributed by atoms with Gasteiger partial charge in [0.1, 0.15) is 5.75 Å².